The zero-order valence-electron chi connectivity index (χ0n) is 9.46. The van der Waals surface area contributed by atoms with E-state index in [1.165, 1.54) is 7.05 Å². The summed E-state index contributed by atoms with van der Waals surface area (Å²) in [6.45, 7) is 5.07. The quantitative estimate of drug-likeness (QED) is 0.785. The molecule has 5 heteroatoms. The second-order valence-electron chi connectivity index (χ2n) is 3.57. The number of imide groups is 1. The van der Waals surface area contributed by atoms with Crippen LogP contribution < -0.4 is 0 Å². The number of nitrogens with zero attached hydrogens (tertiary/aromatic N) is 1. The van der Waals surface area contributed by atoms with Crippen LogP contribution in [0.15, 0.2) is 34.8 Å². The number of amides is 2. The molecule has 0 saturated heterocycles. The molecule has 0 aromatic heterocycles. The van der Waals surface area contributed by atoms with Crippen LogP contribution in [-0.2, 0) is 4.79 Å². The second kappa shape index (κ2) is 5.47. The number of halogens is 2. The van der Waals surface area contributed by atoms with Crippen molar-refractivity contribution in [2.45, 2.75) is 6.92 Å². The van der Waals surface area contributed by atoms with Crippen molar-refractivity contribution in [1.82, 2.24) is 4.90 Å². The summed E-state index contributed by atoms with van der Waals surface area (Å²) in [6, 6.07) is 4.77. The van der Waals surface area contributed by atoms with Gasteiger partial charge in [0.1, 0.15) is 0 Å². The lowest BCUT2D eigenvalue weighted by Gasteiger charge is -2.16. The monoisotopic (exact) mass is 315 g/mol. The summed E-state index contributed by atoms with van der Waals surface area (Å²) in [5.74, 6) is -0.807. The van der Waals surface area contributed by atoms with Crippen LogP contribution in [0.2, 0.25) is 5.02 Å². The van der Waals surface area contributed by atoms with E-state index in [0.717, 1.165) is 4.90 Å². The number of rotatable bonds is 2. The summed E-state index contributed by atoms with van der Waals surface area (Å²) in [5, 5.41) is 0.516. The first kappa shape index (κ1) is 13.9. The van der Waals surface area contributed by atoms with Gasteiger partial charge in [-0.05, 0) is 41.1 Å². The van der Waals surface area contributed by atoms with E-state index in [9.17, 15) is 9.59 Å². The van der Waals surface area contributed by atoms with Gasteiger partial charge in [-0.1, -0.05) is 18.2 Å². The van der Waals surface area contributed by atoms with Crippen LogP contribution in [0.25, 0.3) is 0 Å². The van der Waals surface area contributed by atoms with Gasteiger partial charge in [0, 0.05) is 22.1 Å². The molecule has 0 fully saturated rings. The van der Waals surface area contributed by atoms with Gasteiger partial charge in [0.2, 0.25) is 0 Å². The molecule has 0 aliphatic rings. The first-order valence-electron chi connectivity index (χ1n) is 4.77. The molecule has 2 amide bonds. The van der Waals surface area contributed by atoms with Crippen LogP contribution in [0.3, 0.4) is 0 Å². The van der Waals surface area contributed by atoms with Gasteiger partial charge in [-0.15, -0.1) is 0 Å². The molecule has 90 valence electrons. The lowest BCUT2D eigenvalue weighted by molar-refractivity contribution is -0.123. The Morgan fingerprint density at radius 2 is 2.00 bits per heavy atom. The fourth-order valence-electron chi connectivity index (χ4n) is 1.22. The van der Waals surface area contributed by atoms with Crippen molar-refractivity contribution >= 4 is 39.3 Å². The van der Waals surface area contributed by atoms with Crippen LogP contribution >= 0.6 is 27.5 Å². The standard InChI is InChI=1S/C12H11BrClNO2/c1-7(2)11(16)15(3)12(17)9-5-4-8(14)6-10(9)13/h4-6H,1H2,2-3H3. The number of carbonyl (C=O) groups is 2. The summed E-state index contributed by atoms with van der Waals surface area (Å²) >= 11 is 9.01. The first-order chi connectivity index (χ1) is 7.84. The molecular weight excluding hydrogens is 305 g/mol. The van der Waals surface area contributed by atoms with Crippen LogP contribution in [-0.4, -0.2) is 23.8 Å². The molecule has 0 spiro atoms. The van der Waals surface area contributed by atoms with Gasteiger partial charge in [0.15, 0.2) is 0 Å². The Morgan fingerprint density at radius 1 is 1.41 bits per heavy atom. The minimum absolute atomic E-state index is 0.311. The van der Waals surface area contributed by atoms with Crippen molar-refractivity contribution in [2.75, 3.05) is 7.05 Å². The highest BCUT2D eigenvalue weighted by molar-refractivity contribution is 9.10. The molecule has 0 aliphatic heterocycles. The highest BCUT2D eigenvalue weighted by Crippen LogP contribution is 2.22. The van der Waals surface area contributed by atoms with Crippen LogP contribution in [0, 0.1) is 0 Å². The van der Waals surface area contributed by atoms with Crippen molar-refractivity contribution in [3.8, 4) is 0 Å². The van der Waals surface area contributed by atoms with Gasteiger partial charge in [-0.3, -0.25) is 14.5 Å². The van der Waals surface area contributed by atoms with Crippen LogP contribution in [0.5, 0.6) is 0 Å². The normalized spacial score (nSPS) is 9.88. The zero-order valence-corrected chi connectivity index (χ0v) is 11.8. The van der Waals surface area contributed by atoms with Crippen LogP contribution in [0.4, 0.5) is 0 Å². The number of hydrogen-bond acceptors (Lipinski definition) is 2. The van der Waals surface area contributed by atoms with Gasteiger partial charge in [-0.25, -0.2) is 0 Å². The maximum Gasteiger partial charge on any atom is 0.261 e. The van der Waals surface area contributed by atoms with Crippen molar-refractivity contribution in [3.63, 3.8) is 0 Å². The molecule has 1 rings (SSSR count). The Morgan fingerprint density at radius 3 is 2.47 bits per heavy atom. The molecule has 1 aromatic carbocycles. The first-order valence-corrected chi connectivity index (χ1v) is 5.94. The SMILES string of the molecule is C=C(C)C(=O)N(C)C(=O)c1ccc(Cl)cc1Br. The Hall–Kier alpha value is -1.13. The molecule has 0 saturated carbocycles. The number of carbonyl (C=O) groups excluding carboxylic acids is 2. The molecule has 0 aliphatic carbocycles. The highest BCUT2D eigenvalue weighted by Gasteiger charge is 2.20. The summed E-state index contributed by atoms with van der Waals surface area (Å²) in [6.07, 6.45) is 0. The van der Waals surface area contributed by atoms with Gasteiger partial charge < -0.3 is 0 Å². The Bertz CT molecular complexity index is 499. The van der Waals surface area contributed by atoms with Crippen molar-refractivity contribution < 1.29 is 9.59 Å². The summed E-state index contributed by atoms with van der Waals surface area (Å²) < 4.78 is 0.552. The van der Waals surface area contributed by atoms with E-state index in [0.29, 0.717) is 20.6 Å². The summed E-state index contributed by atoms with van der Waals surface area (Å²) in [5.41, 5.74) is 0.692. The second-order valence-corrected chi connectivity index (χ2v) is 4.86. The summed E-state index contributed by atoms with van der Waals surface area (Å²) in [4.78, 5) is 24.6. The zero-order chi connectivity index (χ0) is 13.2. The smallest absolute Gasteiger partial charge is 0.261 e. The van der Waals surface area contributed by atoms with Crippen LogP contribution in [0.1, 0.15) is 17.3 Å². The summed E-state index contributed by atoms with van der Waals surface area (Å²) in [7, 11) is 1.42. The molecule has 1 aromatic rings. The number of likely N-dealkylation sites (N-methyl/N-ethyl adjacent to an activating group) is 1. The van der Waals surface area contributed by atoms with Gasteiger partial charge in [-0.2, -0.15) is 0 Å². The molecule has 0 radical (unpaired) electrons. The molecule has 3 nitrogen and oxygen atoms in total. The highest BCUT2D eigenvalue weighted by atomic mass is 79.9. The topological polar surface area (TPSA) is 37.4 Å². The molecule has 17 heavy (non-hydrogen) atoms. The molecule has 0 N–H and O–H groups in total. The molecule has 0 atom stereocenters. The fourth-order valence-corrected chi connectivity index (χ4v) is 2.07. The molecular formula is C12H11BrClNO2. The third kappa shape index (κ3) is 3.17. The molecule has 0 heterocycles. The average Bonchev–Trinajstić information content (AvgIpc) is 2.26. The van der Waals surface area contributed by atoms with Crippen molar-refractivity contribution in [2.24, 2.45) is 0 Å². The Labute approximate surface area is 113 Å². The van der Waals surface area contributed by atoms with E-state index < -0.39 is 11.8 Å². The minimum Gasteiger partial charge on any atom is -0.278 e. The Balaban J connectivity index is 3.05. The van der Waals surface area contributed by atoms with E-state index in [1.807, 2.05) is 0 Å². The molecule has 0 bridgehead atoms. The average molecular weight is 317 g/mol. The number of hydrogen-bond donors (Lipinski definition) is 0. The molecule has 0 unspecified atom stereocenters. The van der Waals surface area contributed by atoms with E-state index >= 15 is 0 Å². The maximum atomic E-state index is 12.0. The predicted molar refractivity (Wildman–Crippen MR) is 71.1 cm³/mol. The third-order valence-electron chi connectivity index (χ3n) is 2.14. The predicted octanol–water partition coefficient (Wildman–Crippen LogP) is 3.28. The van der Waals surface area contributed by atoms with E-state index in [1.54, 1.807) is 25.1 Å². The van der Waals surface area contributed by atoms with Gasteiger partial charge in [0.25, 0.3) is 11.8 Å². The van der Waals surface area contributed by atoms with Gasteiger partial charge >= 0.3 is 0 Å². The van der Waals surface area contributed by atoms with E-state index in [2.05, 4.69) is 22.5 Å². The lowest BCUT2D eigenvalue weighted by atomic mass is 10.2. The maximum absolute atomic E-state index is 12.0. The number of benzene rings is 1. The van der Waals surface area contributed by atoms with E-state index in [4.69, 9.17) is 11.6 Å². The lowest BCUT2D eigenvalue weighted by Crippen LogP contribution is -2.33. The third-order valence-corrected chi connectivity index (χ3v) is 3.03. The van der Waals surface area contributed by atoms with Gasteiger partial charge in [0.05, 0.1) is 5.56 Å². The van der Waals surface area contributed by atoms with Crippen molar-refractivity contribution in [3.05, 3.63) is 45.4 Å². The largest absolute Gasteiger partial charge is 0.278 e. The fraction of sp³-hybridized carbons (Fsp3) is 0.167. The Kier molecular flexibility index (Phi) is 4.48. The van der Waals surface area contributed by atoms with E-state index in [-0.39, 0.29) is 0 Å². The van der Waals surface area contributed by atoms with Crippen molar-refractivity contribution in [1.29, 1.82) is 0 Å². The minimum atomic E-state index is -0.406.